The number of aliphatic imine (C=N–C) groups is 1. The number of fused-ring (bicyclic) bond motifs is 2. The van der Waals surface area contributed by atoms with E-state index in [4.69, 9.17) is 33.5 Å². The Kier molecular flexibility index (Phi) is 21.4. The van der Waals surface area contributed by atoms with Gasteiger partial charge in [0.1, 0.15) is 31.1 Å². The van der Waals surface area contributed by atoms with Crippen LogP contribution in [0.2, 0.25) is 0 Å². The average molecular weight is 1240 g/mol. The van der Waals surface area contributed by atoms with Gasteiger partial charge in [-0.3, -0.25) is 23.3 Å². The van der Waals surface area contributed by atoms with Crippen molar-refractivity contribution >= 4 is 80.6 Å². The number of nitrogens with zero attached hydrogens (tertiary/aromatic N) is 8. The summed E-state index contributed by atoms with van der Waals surface area (Å²) in [6.45, 7) is 23.0. The van der Waals surface area contributed by atoms with E-state index in [0.29, 0.717) is 64.5 Å². The highest BCUT2D eigenvalue weighted by molar-refractivity contribution is 9.18. The lowest BCUT2D eigenvalue weighted by molar-refractivity contribution is -0.129. The van der Waals surface area contributed by atoms with Crippen molar-refractivity contribution in [2.75, 3.05) is 91.8 Å². The first-order valence-corrected chi connectivity index (χ1v) is 29.1. The van der Waals surface area contributed by atoms with Gasteiger partial charge in [0, 0.05) is 100 Å². The zero-order valence-electron chi connectivity index (χ0n) is 43.3. The van der Waals surface area contributed by atoms with Crippen LogP contribution in [0.3, 0.4) is 0 Å². The molecule has 21 nitrogen and oxygen atoms in total. The number of amides is 3. The second-order valence-electron chi connectivity index (χ2n) is 20.8. The molecule has 0 aromatic carbocycles. The molecule has 0 bridgehead atoms. The molecule has 25 heteroatoms. The van der Waals surface area contributed by atoms with Gasteiger partial charge in [-0.1, -0.05) is 0 Å². The highest BCUT2D eigenvalue weighted by atomic mass is 79.9. The van der Waals surface area contributed by atoms with Crippen molar-refractivity contribution in [2.24, 2.45) is 4.99 Å². The summed E-state index contributed by atoms with van der Waals surface area (Å²) in [5.74, 6) is 0.129. The smallest absolute Gasteiger partial charge is 0.410 e. The van der Waals surface area contributed by atoms with Crippen molar-refractivity contribution in [3.8, 4) is 0 Å². The number of hydrogen-bond donors (Lipinski definition) is 1. The van der Waals surface area contributed by atoms with Crippen LogP contribution in [-0.2, 0) is 73.4 Å². The molecule has 3 amide bonds. The first kappa shape index (κ1) is 59.2. The maximum absolute atomic E-state index is 12.2. The SMILES string of the molecule is CC(=O)N1CCc2c(c(Br)nn2[C@H]2CCOC2)C1.CC(C)(C)OC(=O)N1CCC2=C(C1)C(Br)=NC2.CC(C)(C)OC(=O)N1CCc2c(c(Br)nn2[C@H]2CCOC2)C1.CS(=O)(=O)O[C@@H]1CCOC1.O[C@@H]1CCOC1. The highest BCUT2D eigenvalue weighted by Crippen LogP contribution is 2.33. The fourth-order valence-corrected chi connectivity index (χ4v) is 11.1. The quantitative estimate of drug-likeness (QED) is 0.316. The van der Waals surface area contributed by atoms with Crippen molar-refractivity contribution < 1.29 is 60.5 Å². The zero-order valence-corrected chi connectivity index (χ0v) is 48.9. The van der Waals surface area contributed by atoms with Crippen LogP contribution in [0.25, 0.3) is 0 Å². The highest BCUT2D eigenvalue weighted by Gasteiger charge is 2.34. The average Bonchev–Trinajstić information content (AvgIpc) is 4.18. The third-order valence-corrected chi connectivity index (χ3v) is 15.2. The van der Waals surface area contributed by atoms with Gasteiger partial charge in [-0.2, -0.15) is 18.6 Å². The summed E-state index contributed by atoms with van der Waals surface area (Å²) in [7, 11) is -3.29. The van der Waals surface area contributed by atoms with Crippen LogP contribution in [0.1, 0.15) is 115 Å². The lowest BCUT2D eigenvalue weighted by atomic mass is 10.0. The van der Waals surface area contributed by atoms with E-state index < -0.39 is 21.3 Å². The first-order valence-electron chi connectivity index (χ1n) is 24.9. The van der Waals surface area contributed by atoms with Gasteiger partial charge < -0.3 is 48.2 Å². The van der Waals surface area contributed by atoms with Crippen molar-refractivity contribution in [3.63, 3.8) is 0 Å². The Morgan fingerprint density at radius 3 is 1.55 bits per heavy atom. The third kappa shape index (κ3) is 17.8. The summed E-state index contributed by atoms with van der Waals surface area (Å²) in [6.07, 6.45) is 6.20. The Hall–Kier alpha value is -3.01. The minimum atomic E-state index is -3.29. The van der Waals surface area contributed by atoms with Crippen molar-refractivity contribution in [1.29, 1.82) is 0 Å². The molecule has 0 unspecified atom stereocenters. The second-order valence-corrected chi connectivity index (χ2v) is 24.7. The Morgan fingerprint density at radius 2 is 1.12 bits per heavy atom. The Bertz CT molecular complexity index is 2390. The maximum atomic E-state index is 12.2. The molecule has 1 N–H and O–H groups in total. The van der Waals surface area contributed by atoms with E-state index in [0.717, 1.165) is 128 Å². The number of carbonyl (C=O) groups is 3. The number of carbonyl (C=O) groups excluding carboxylic acids is 3. The van der Waals surface area contributed by atoms with Gasteiger partial charge in [-0.25, -0.2) is 9.59 Å². The van der Waals surface area contributed by atoms with Gasteiger partial charge >= 0.3 is 12.2 Å². The monoisotopic (exact) mass is 1240 g/mol. The molecule has 8 aliphatic rings. The van der Waals surface area contributed by atoms with E-state index in [-0.39, 0.29) is 30.3 Å². The van der Waals surface area contributed by atoms with Gasteiger partial charge in [-0.05, 0) is 121 Å². The van der Waals surface area contributed by atoms with Crippen LogP contribution in [0.4, 0.5) is 9.59 Å². The van der Waals surface area contributed by atoms with Gasteiger partial charge in [-0.15, -0.1) is 0 Å². The largest absolute Gasteiger partial charge is 0.444 e. The molecule has 4 fully saturated rings. The number of aliphatic hydroxyl groups is 1. The second kappa shape index (κ2) is 26.4. The lowest BCUT2D eigenvalue weighted by Gasteiger charge is -2.30. The van der Waals surface area contributed by atoms with Crippen molar-refractivity contribution in [1.82, 2.24) is 34.3 Å². The Morgan fingerprint density at radius 1 is 0.658 bits per heavy atom. The van der Waals surface area contributed by atoms with E-state index >= 15 is 0 Å². The van der Waals surface area contributed by atoms with Crippen molar-refractivity contribution in [2.45, 2.75) is 142 Å². The molecule has 10 heterocycles. The predicted octanol–water partition coefficient (Wildman–Crippen LogP) is 6.66. The standard InChI is InChI=1S/C15H22BrN3O3.C12H16BrN3O2.C12H17BrN2O2.C5H10O4S.C4H8O2/c1-15(2,3)22-14(20)18-6-4-12-11(8-18)13(16)17-19(12)10-5-7-21-9-10;1-8(17)15-4-2-11-10(6-15)12(13)14-16(11)9-3-5-18-7-9;1-12(2,3)17-11(16)15-5-4-8-6-14-10(13)9(8)7-15;1-10(6,7)9-5-2-3-8-4-5;5-4-1-2-6-3-4/h10H,4-9H2,1-3H3;9H,2-7H2,1H3;4-7H2,1-3H3;5H,2-4H2,1H3;4-5H,1-3H2/t10-;9-;;5-;4-/m00.11/s1. The minimum absolute atomic E-state index is 0.129. The molecule has 0 aliphatic carbocycles. The van der Waals surface area contributed by atoms with E-state index in [9.17, 15) is 22.8 Å². The summed E-state index contributed by atoms with van der Waals surface area (Å²) < 4.78 is 63.9. The third-order valence-electron chi connectivity index (χ3n) is 12.5. The van der Waals surface area contributed by atoms with Crippen LogP contribution < -0.4 is 0 Å². The van der Waals surface area contributed by atoms with Gasteiger partial charge in [0.05, 0.1) is 77.0 Å². The summed E-state index contributed by atoms with van der Waals surface area (Å²) in [6, 6.07) is 0.669. The van der Waals surface area contributed by atoms with Gasteiger partial charge in [0.25, 0.3) is 10.1 Å². The number of halogens is 3. The maximum Gasteiger partial charge on any atom is 0.410 e. The van der Waals surface area contributed by atoms with E-state index in [1.165, 1.54) is 17.0 Å². The fourth-order valence-electron chi connectivity index (χ4n) is 8.88. The molecule has 0 saturated carbocycles. The number of ether oxygens (including phenoxy) is 6. The van der Waals surface area contributed by atoms with Gasteiger partial charge in [0.2, 0.25) is 5.91 Å². The molecular formula is C48H73Br3N8O13S. The molecule has 2 aromatic heterocycles. The number of aliphatic hydroxyl groups excluding tert-OH is 1. The van der Waals surface area contributed by atoms with Crippen LogP contribution >= 0.6 is 47.8 Å². The summed E-state index contributed by atoms with van der Waals surface area (Å²) in [5.41, 5.74) is 6.30. The Labute approximate surface area is 454 Å². The molecule has 2 aromatic rings. The molecule has 8 aliphatic heterocycles. The van der Waals surface area contributed by atoms with E-state index in [1.807, 2.05) is 46.4 Å². The zero-order chi connectivity index (χ0) is 53.3. The fraction of sp³-hybridized carbons (Fsp3) is 0.750. The normalized spacial score (nSPS) is 23.6. The van der Waals surface area contributed by atoms with Crippen molar-refractivity contribution in [3.05, 3.63) is 42.9 Å². The molecule has 4 saturated heterocycles. The topological polar surface area (TPSA) is 228 Å². The summed E-state index contributed by atoms with van der Waals surface area (Å²) >= 11 is 10.5. The van der Waals surface area contributed by atoms with Crippen LogP contribution in [-0.4, -0.2) is 186 Å². The molecule has 410 valence electrons. The number of hydrogen-bond acceptors (Lipinski definition) is 16. The molecule has 4 atom stereocenters. The van der Waals surface area contributed by atoms with Crippen LogP contribution in [0.15, 0.2) is 25.3 Å². The van der Waals surface area contributed by atoms with Crippen LogP contribution in [0, 0.1) is 0 Å². The summed E-state index contributed by atoms with van der Waals surface area (Å²) in [5, 5.41) is 17.8. The van der Waals surface area contributed by atoms with E-state index in [2.05, 4.69) is 76.5 Å². The first-order chi connectivity index (χ1) is 34.4. The predicted molar refractivity (Wildman–Crippen MR) is 281 cm³/mol. The Balaban J connectivity index is 0.000000156. The van der Waals surface area contributed by atoms with Gasteiger partial charge in [0.15, 0.2) is 0 Å². The molecule has 10 rings (SSSR count). The number of rotatable bonds is 4. The van der Waals surface area contributed by atoms with E-state index in [1.54, 1.807) is 16.7 Å². The number of aromatic nitrogens is 4. The summed E-state index contributed by atoms with van der Waals surface area (Å²) in [4.78, 5) is 45.3. The molecule has 73 heavy (non-hydrogen) atoms. The minimum Gasteiger partial charge on any atom is -0.444 e. The lowest BCUT2D eigenvalue weighted by Crippen LogP contribution is -2.41. The molecule has 0 radical (unpaired) electrons. The van der Waals surface area contributed by atoms with Crippen LogP contribution in [0.5, 0.6) is 0 Å². The molecule has 0 spiro atoms. The molecular weight excluding hydrogens is 1170 g/mol.